The first kappa shape index (κ1) is 11.0. The van der Waals surface area contributed by atoms with E-state index in [-0.39, 0.29) is 5.91 Å². The number of benzene rings is 1. The van der Waals surface area contributed by atoms with Crippen molar-refractivity contribution in [2.45, 2.75) is 0 Å². The average molecular weight is 289 g/mol. The number of carbonyl (C=O) groups excluding carboxylic acids is 1. The minimum atomic E-state index is 0.0951. The third kappa shape index (κ3) is 2.34. The van der Waals surface area contributed by atoms with E-state index < -0.39 is 0 Å². The summed E-state index contributed by atoms with van der Waals surface area (Å²) in [6.07, 6.45) is 0. The molecule has 0 aliphatic carbocycles. The van der Waals surface area contributed by atoms with Gasteiger partial charge in [-0.25, -0.2) is 0 Å². The van der Waals surface area contributed by atoms with Crippen molar-refractivity contribution in [3.63, 3.8) is 0 Å². The Morgan fingerprint density at radius 1 is 1.53 bits per heavy atom. The van der Waals surface area contributed by atoms with E-state index in [1.54, 1.807) is 0 Å². The van der Waals surface area contributed by atoms with E-state index in [1.165, 1.54) is 0 Å². The van der Waals surface area contributed by atoms with Gasteiger partial charge in [0.05, 0.1) is 0 Å². The fraction of sp³-hybridized carbons (Fsp3) is 0.364. The van der Waals surface area contributed by atoms with Gasteiger partial charge in [0.25, 0.3) is 5.91 Å². The molecule has 4 heteroatoms. The Morgan fingerprint density at radius 2 is 2.27 bits per heavy atom. The summed E-state index contributed by atoms with van der Waals surface area (Å²) in [5, 5.41) is 0. The first-order valence-electron chi connectivity index (χ1n) is 4.81. The summed E-state index contributed by atoms with van der Waals surface area (Å²) in [7, 11) is 0. The van der Waals surface area contributed by atoms with E-state index in [2.05, 4.69) is 15.9 Å². The van der Waals surface area contributed by atoms with Crippen molar-refractivity contribution in [3.05, 3.63) is 34.3 Å². The zero-order valence-corrected chi connectivity index (χ0v) is 10.5. The fourth-order valence-corrected chi connectivity index (χ4v) is 2.23. The molecule has 0 N–H and O–H groups in total. The van der Waals surface area contributed by atoms with Gasteiger partial charge in [-0.05, 0) is 18.2 Å². The molecule has 1 amide bonds. The molecule has 80 valence electrons. The average Bonchev–Trinajstić information content (AvgIpc) is 2.16. The van der Waals surface area contributed by atoms with Gasteiger partial charge in [-0.3, -0.25) is 4.79 Å². The molecule has 0 spiro atoms. The first-order chi connectivity index (χ1) is 7.20. The molecular weight excluding hydrogens is 277 g/mol. The lowest BCUT2D eigenvalue weighted by molar-refractivity contribution is 0.0535. The molecule has 1 heterocycles. The van der Waals surface area contributed by atoms with Crippen molar-refractivity contribution in [1.82, 2.24) is 4.90 Å². The van der Waals surface area contributed by atoms with E-state index >= 15 is 0 Å². The second-order valence-corrected chi connectivity index (χ2v) is 4.97. The lowest BCUT2D eigenvalue weighted by Gasteiger charge is -2.38. The lowest BCUT2D eigenvalue weighted by Crippen LogP contribution is -2.50. The van der Waals surface area contributed by atoms with Crippen molar-refractivity contribution in [3.8, 4) is 0 Å². The molecule has 2 nitrogen and oxygen atoms in total. The van der Waals surface area contributed by atoms with E-state index in [4.69, 9.17) is 11.6 Å². The van der Waals surface area contributed by atoms with E-state index in [0.29, 0.717) is 11.8 Å². The third-order valence-electron chi connectivity index (χ3n) is 2.53. The predicted molar refractivity (Wildman–Crippen MR) is 64.3 cm³/mol. The number of nitrogens with zero attached hydrogens (tertiary/aromatic N) is 1. The topological polar surface area (TPSA) is 20.3 Å². The first-order valence-corrected chi connectivity index (χ1v) is 6.14. The zero-order valence-electron chi connectivity index (χ0n) is 8.12. The molecule has 1 fully saturated rings. The van der Waals surface area contributed by atoms with Crippen LogP contribution in [-0.4, -0.2) is 29.8 Å². The van der Waals surface area contributed by atoms with Gasteiger partial charge in [0.15, 0.2) is 0 Å². The summed E-state index contributed by atoms with van der Waals surface area (Å²) >= 11 is 9.05. The highest BCUT2D eigenvalue weighted by atomic mass is 79.9. The van der Waals surface area contributed by atoms with Crippen LogP contribution in [0.2, 0.25) is 0 Å². The fourth-order valence-electron chi connectivity index (χ4n) is 1.64. The minimum absolute atomic E-state index is 0.0951. The summed E-state index contributed by atoms with van der Waals surface area (Å²) < 4.78 is 0.933. The molecule has 1 aromatic rings. The summed E-state index contributed by atoms with van der Waals surface area (Å²) in [5.74, 6) is 1.21. The number of likely N-dealkylation sites (tertiary alicyclic amines) is 1. The van der Waals surface area contributed by atoms with Crippen LogP contribution >= 0.6 is 27.5 Å². The molecule has 1 aliphatic rings. The van der Waals surface area contributed by atoms with Crippen molar-refractivity contribution in [2.75, 3.05) is 19.0 Å². The second-order valence-electron chi connectivity index (χ2n) is 3.74. The van der Waals surface area contributed by atoms with Crippen LogP contribution in [0.25, 0.3) is 0 Å². The van der Waals surface area contributed by atoms with Crippen LogP contribution in [0.5, 0.6) is 0 Å². The Bertz CT molecular complexity index is 377. The number of rotatable bonds is 2. The van der Waals surface area contributed by atoms with Crippen LogP contribution in [0.15, 0.2) is 28.7 Å². The van der Waals surface area contributed by atoms with Crippen LogP contribution in [-0.2, 0) is 0 Å². The molecule has 0 saturated carbocycles. The number of hydrogen-bond acceptors (Lipinski definition) is 1. The molecule has 0 radical (unpaired) electrons. The Hall–Kier alpha value is -0.540. The van der Waals surface area contributed by atoms with Crippen molar-refractivity contribution >= 4 is 33.4 Å². The van der Waals surface area contributed by atoms with Gasteiger partial charge >= 0.3 is 0 Å². The third-order valence-corrected chi connectivity index (χ3v) is 3.46. The SMILES string of the molecule is O=C(c1cccc(Br)c1)N1CC(CCl)C1. The summed E-state index contributed by atoms with van der Waals surface area (Å²) in [4.78, 5) is 13.7. The van der Waals surface area contributed by atoms with Gasteiger partial charge in [0.2, 0.25) is 0 Å². The Balaban J connectivity index is 2.03. The molecule has 0 bridgehead atoms. The molecule has 0 unspecified atom stereocenters. The minimum Gasteiger partial charge on any atom is -0.338 e. The van der Waals surface area contributed by atoms with Gasteiger partial charge in [-0.1, -0.05) is 22.0 Å². The molecule has 2 rings (SSSR count). The summed E-state index contributed by atoms with van der Waals surface area (Å²) in [6, 6.07) is 7.46. The Kier molecular flexibility index (Phi) is 3.32. The van der Waals surface area contributed by atoms with Crippen molar-refractivity contribution in [1.29, 1.82) is 0 Å². The van der Waals surface area contributed by atoms with Crippen LogP contribution in [0.4, 0.5) is 0 Å². The molecule has 1 aromatic carbocycles. The van der Waals surface area contributed by atoms with Gasteiger partial charge in [0, 0.05) is 34.9 Å². The molecule has 1 aliphatic heterocycles. The Labute approximate surface area is 102 Å². The molecular formula is C11H11BrClNO. The summed E-state index contributed by atoms with van der Waals surface area (Å²) in [5.41, 5.74) is 0.734. The van der Waals surface area contributed by atoms with E-state index in [1.807, 2.05) is 29.2 Å². The standard InChI is InChI=1S/C11H11BrClNO/c12-10-3-1-2-9(4-10)11(15)14-6-8(5-13)7-14/h1-4,8H,5-7H2. The van der Waals surface area contributed by atoms with Crippen LogP contribution in [0.1, 0.15) is 10.4 Å². The molecule has 1 saturated heterocycles. The van der Waals surface area contributed by atoms with Gasteiger partial charge in [-0.2, -0.15) is 0 Å². The van der Waals surface area contributed by atoms with Gasteiger partial charge in [0.1, 0.15) is 0 Å². The molecule has 0 aromatic heterocycles. The van der Waals surface area contributed by atoms with Crippen LogP contribution in [0, 0.1) is 5.92 Å². The quantitative estimate of drug-likeness (QED) is 0.766. The second kappa shape index (κ2) is 4.54. The van der Waals surface area contributed by atoms with Crippen LogP contribution < -0.4 is 0 Å². The van der Waals surface area contributed by atoms with Crippen molar-refractivity contribution in [2.24, 2.45) is 5.92 Å². The largest absolute Gasteiger partial charge is 0.338 e. The number of halogens is 2. The van der Waals surface area contributed by atoms with E-state index in [9.17, 15) is 4.79 Å². The maximum absolute atomic E-state index is 11.9. The highest BCUT2D eigenvalue weighted by Crippen LogP contribution is 2.21. The highest BCUT2D eigenvalue weighted by molar-refractivity contribution is 9.10. The zero-order chi connectivity index (χ0) is 10.8. The predicted octanol–water partition coefficient (Wildman–Crippen LogP) is 2.76. The highest BCUT2D eigenvalue weighted by Gasteiger charge is 2.30. The monoisotopic (exact) mass is 287 g/mol. The smallest absolute Gasteiger partial charge is 0.253 e. The van der Waals surface area contributed by atoms with Crippen LogP contribution in [0.3, 0.4) is 0 Å². The number of amides is 1. The lowest BCUT2D eigenvalue weighted by atomic mass is 10.0. The maximum atomic E-state index is 11.9. The normalized spacial score (nSPS) is 16.3. The molecule has 15 heavy (non-hydrogen) atoms. The van der Waals surface area contributed by atoms with Crippen molar-refractivity contribution < 1.29 is 4.79 Å². The van der Waals surface area contributed by atoms with E-state index in [0.717, 1.165) is 23.1 Å². The van der Waals surface area contributed by atoms with Gasteiger partial charge < -0.3 is 4.90 Å². The number of hydrogen-bond donors (Lipinski definition) is 0. The number of alkyl halides is 1. The summed E-state index contributed by atoms with van der Waals surface area (Å²) in [6.45, 7) is 1.57. The molecule has 0 atom stereocenters. The van der Waals surface area contributed by atoms with Gasteiger partial charge in [-0.15, -0.1) is 11.6 Å². The maximum Gasteiger partial charge on any atom is 0.253 e. The Morgan fingerprint density at radius 3 is 2.87 bits per heavy atom. The number of carbonyl (C=O) groups is 1.